The second kappa shape index (κ2) is 5.00. The number of aliphatic carboxylic acids is 1. The molecule has 0 bridgehead atoms. The van der Waals surface area contributed by atoms with Gasteiger partial charge in [0.1, 0.15) is 6.04 Å². The summed E-state index contributed by atoms with van der Waals surface area (Å²) < 4.78 is 0. The lowest BCUT2D eigenvalue weighted by Crippen LogP contribution is -2.41. The number of carboxylic acid groups (broad SMARTS) is 1. The number of carbonyl (C=O) groups is 2. The molecule has 1 amide bonds. The first-order chi connectivity index (χ1) is 8.90. The molecule has 1 aromatic heterocycles. The average molecular weight is 267 g/mol. The highest BCUT2D eigenvalue weighted by Crippen LogP contribution is 2.20. The largest absolute Gasteiger partial charge is 0.480 e. The molecule has 1 fully saturated rings. The summed E-state index contributed by atoms with van der Waals surface area (Å²) >= 11 is 0. The van der Waals surface area contributed by atoms with Crippen LogP contribution in [0.3, 0.4) is 0 Å². The summed E-state index contributed by atoms with van der Waals surface area (Å²) in [5, 5.41) is 25.4. The molecule has 19 heavy (non-hydrogen) atoms. The van der Waals surface area contributed by atoms with Gasteiger partial charge in [0.2, 0.25) is 5.91 Å². The van der Waals surface area contributed by atoms with Gasteiger partial charge in [-0.05, 0) is 13.8 Å². The van der Waals surface area contributed by atoms with E-state index in [0.29, 0.717) is 0 Å². The fourth-order valence-electron chi connectivity index (χ4n) is 2.41. The minimum atomic E-state index is -1.08. The standard InChI is InChI=1S/C12H17N3O4/c1-6-9(7(2)14-13-6)4-11(17)15-5-8(16)3-10(15)12(18)19/h8,10,16H,3-5H2,1-2H3,(H,13,14)(H,18,19)/t8?,10-/m0/s1. The van der Waals surface area contributed by atoms with Crippen molar-refractivity contribution in [3.05, 3.63) is 17.0 Å². The lowest BCUT2D eigenvalue weighted by molar-refractivity contribution is -0.148. The van der Waals surface area contributed by atoms with Crippen molar-refractivity contribution in [3.63, 3.8) is 0 Å². The van der Waals surface area contributed by atoms with Crippen LogP contribution in [0.15, 0.2) is 0 Å². The van der Waals surface area contributed by atoms with Crippen LogP contribution in [0.5, 0.6) is 0 Å². The number of amides is 1. The van der Waals surface area contributed by atoms with Crippen LogP contribution in [0.25, 0.3) is 0 Å². The first-order valence-electron chi connectivity index (χ1n) is 6.11. The van der Waals surface area contributed by atoms with E-state index < -0.39 is 18.1 Å². The molecule has 1 saturated heterocycles. The number of β-amino-alcohol motifs (C(OH)–C–C–N with tert-alkyl or cyclic N) is 1. The number of carboxylic acids is 1. The number of likely N-dealkylation sites (tertiary alicyclic amines) is 1. The highest BCUT2D eigenvalue weighted by molar-refractivity contribution is 5.86. The molecular formula is C12H17N3O4. The summed E-state index contributed by atoms with van der Waals surface area (Å²) in [6.45, 7) is 3.68. The number of aliphatic hydroxyl groups excluding tert-OH is 1. The highest BCUT2D eigenvalue weighted by Gasteiger charge is 2.38. The van der Waals surface area contributed by atoms with Gasteiger partial charge in [-0.3, -0.25) is 9.89 Å². The first-order valence-corrected chi connectivity index (χ1v) is 6.11. The van der Waals surface area contributed by atoms with Gasteiger partial charge in [0.05, 0.1) is 18.2 Å². The Morgan fingerprint density at radius 3 is 2.68 bits per heavy atom. The first kappa shape index (κ1) is 13.5. The number of aromatic amines is 1. The Balaban J connectivity index is 2.13. The van der Waals surface area contributed by atoms with E-state index in [9.17, 15) is 14.7 Å². The van der Waals surface area contributed by atoms with Gasteiger partial charge in [0.15, 0.2) is 0 Å². The average Bonchev–Trinajstić information content (AvgIpc) is 2.87. The van der Waals surface area contributed by atoms with Crippen LogP contribution in [0, 0.1) is 13.8 Å². The Morgan fingerprint density at radius 2 is 2.16 bits per heavy atom. The minimum absolute atomic E-state index is 0.0751. The zero-order chi connectivity index (χ0) is 14.2. The van der Waals surface area contributed by atoms with E-state index >= 15 is 0 Å². The quantitative estimate of drug-likeness (QED) is 0.692. The Hall–Kier alpha value is -1.89. The molecule has 1 aliphatic rings. The maximum absolute atomic E-state index is 12.2. The van der Waals surface area contributed by atoms with E-state index in [0.717, 1.165) is 17.0 Å². The molecule has 2 heterocycles. The van der Waals surface area contributed by atoms with Crippen molar-refractivity contribution in [1.82, 2.24) is 15.1 Å². The van der Waals surface area contributed by atoms with Crippen molar-refractivity contribution in [1.29, 1.82) is 0 Å². The topological polar surface area (TPSA) is 107 Å². The summed E-state index contributed by atoms with van der Waals surface area (Å²) in [7, 11) is 0. The van der Waals surface area contributed by atoms with Gasteiger partial charge in [-0.2, -0.15) is 5.10 Å². The van der Waals surface area contributed by atoms with Gasteiger partial charge in [-0.25, -0.2) is 4.79 Å². The van der Waals surface area contributed by atoms with Gasteiger partial charge < -0.3 is 15.1 Å². The monoisotopic (exact) mass is 267 g/mol. The Labute approximate surface area is 110 Å². The minimum Gasteiger partial charge on any atom is -0.480 e. The number of aryl methyl sites for hydroxylation is 2. The van der Waals surface area contributed by atoms with Crippen molar-refractivity contribution in [2.45, 2.75) is 38.8 Å². The number of hydrogen-bond acceptors (Lipinski definition) is 4. The van der Waals surface area contributed by atoms with Crippen molar-refractivity contribution in [3.8, 4) is 0 Å². The molecule has 1 aromatic rings. The van der Waals surface area contributed by atoms with Crippen LogP contribution >= 0.6 is 0 Å². The van der Waals surface area contributed by atoms with Crippen LogP contribution in [0.1, 0.15) is 23.4 Å². The predicted molar refractivity (Wildman–Crippen MR) is 65.5 cm³/mol. The molecule has 104 valence electrons. The Morgan fingerprint density at radius 1 is 1.47 bits per heavy atom. The third-order valence-electron chi connectivity index (χ3n) is 3.49. The van der Waals surface area contributed by atoms with Gasteiger partial charge in [-0.15, -0.1) is 0 Å². The van der Waals surface area contributed by atoms with Crippen LogP contribution in [-0.4, -0.2) is 55.9 Å². The molecule has 0 spiro atoms. The van der Waals surface area contributed by atoms with Gasteiger partial charge in [0.25, 0.3) is 0 Å². The molecule has 0 aliphatic carbocycles. The molecule has 0 radical (unpaired) electrons. The van der Waals surface area contributed by atoms with E-state index in [1.807, 2.05) is 6.92 Å². The van der Waals surface area contributed by atoms with E-state index in [1.165, 1.54) is 4.90 Å². The molecule has 1 unspecified atom stereocenters. The number of H-pyrrole nitrogens is 1. The fourth-order valence-corrected chi connectivity index (χ4v) is 2.41. The summed E-state index contributed by atoms with van der Waals surface area (Å²) in [6.07, 6.45) is -0.577. The normalized spacial score (nSPS) is 22.8. The number of nitrogens with one attached hydrogen (secondary N) is 1. The molecular weight excluding hydrogens is 250 g/mol. The Bertz CT molecular complexity index is 492. The number of aromatic nitrogens is 2. The van der Waals surface area contributed by atoms with Crippen LogP contribution in [-0.2, 0) is 16.0 Å². The molecule has 0 saturated carbocycles. The van der Waals surface area contributed by atoms with E-state index in [-0.39, 0.29) is 25.3 Å². The molecule has 7 nitrogen and oxygen atoms in total. The molecule has 2 rings (SSSR count). The van der Waals surface area contributed by atoms with Crippen molar-refractivity contribution < 1.29 is 19.8 Å². The van der Waals surface area contributed by atoms with Crippen molar-refractivity contribution in [2.24, 2.45) is 0 Å². The third-order valence-corrected chi connectivity index (χ3v) is 3.49. The summed E-state index contributed by atoms with van der Waals surface area (Å²) in [5.41, 5.74) is 2.32. The maximum atomic E-state index is 12.2. The SMILES string of the molecule is Cc1n[nH]c(C)c1CC(=O)N1CC(O)C[C@H]1C(=O)O. The van der Waals surface area contributed by atoms with Gasteiger partial charge >= 0.3 is 5.97 Å². The molecule has 2 atom stereocenters. The molecule has 3 N–H and O–H groups in total. The maximum Gasteiger partial charge on any atom is 0.326 e. The second-order valence-corrected chi connectivity index (χ2v) is 4.88. The fraction of sp³-hybridized carbons (Fsp3) is 0.583. The lowest BCUT2D eigenvalue weighted by Gasteiger charge is -2.21. The number of rotatable bonds is 3. The van der Waals surface area contributed by atoms with E-state index in [4.69, 9.17) is 5.11 Å². The zero-order valence-corrected chi connectivity index (χ0v) is 10.9. The van der Waals surface area contributed by atoms with Crippen LogP contribution in [0.4, 0.5) is 0 Å². The number of hydrogen-bond donors (Lipinski definition) is 3. The summed E-state index contributed by atoms with van der Waals surface area (Å²) in [6, 6.07) is -0.935. The smallest absolute Gasteiger partial charge is 0.326 e. The zero-order valence-electron chi connectivity index (χ0n) is 10.9. The van der Waals surface area contributed by atoms with E-state index in [2.05, 4.69) is 10.2 Å². The Kier molecular flexibility index (Phi) is 3.57. The molecule has 1 aliphatic heterocycles. The summed E-state index contributed by atoms with van der Waals surface area (Å²) in [4.78, 5) is 24.5. The van der Waals surface area contributed by atoms with Crippen molar-refractivity contribution >= 4 is 11.9 Å². The third kappa shape index (κ3) is 2.60. The number of aliphatic hydroxyl groups is 1. The second-order valence-electron chi connectivity index (χ2n) is 4.88. The summed E-state index contributed by atoms with van der Waals surface area (Å²) in [5.74, 6) is -1.37. The predicted octanol–water partition coefficient (Wildman–Crippen LogP) is -0.385. The van der Waals surface area contributed by atoms with Crippen molar-refractivity contribution in [2.75, 3.05) is 6.54 Å². The van der Waals surface area contributed by atoms with Gasteiger partial charge in [0, 0.05) is 24.2 Å². The number of carbonyl (C=O) groups excluding carboxylic acids is 1. The molecule has 0 aromatic carbocycles. The highest BCUT2D eigenvalue weighted by atomic mass is 16.4. The van der Waals surface area contributed by atoms with E-state index in [1.54, 1.807) is 6.92 Å². The van der Waals surface area contributed by atoms with Gasteiger partial charge in [-0.1, -0.05) is 0 Å². The van der Waals surface area contributed by atoms with Crippen LogP contribution < -0.4 is 0 Å². The number of nitrogens with zero attached hydrogens (tertiary/aromatic N) is 2. The molecule has 7 heteroatoms. The van der Waals surface area contributed by atoms with Crippen LogP contribution in [0.2, 0.25) is 0 Å². The lowest BCUT2D eigenvalue weighted by atomic mass is 10.1.